The molecule has 0 fully saturated rings. The summed E-state index contributed by atoms with van der Waals surface area (Å²) in [7, 11) is -3.24. The van der Waals surface area contributed by atoms with Crippen LogP contribution < -0.4 is 0 Å². The Hall–Kier alpha value is -0.510. The average Bonchev–Trinajstić information content (AvgIpc) is 1.90. The van der Waals surface area contributed by atoms with Gasteiger partial charge in [-0.1, -0.05) is 0 Å². The van der Waals surface area contributed by atoms with Crippen molar-refractivity contribution in [2.45, 2.75) is 19.8 Å². The van der Waals surface area contributed by atoms with Crippen molar-refractivity contribution in [1.82, 2.24) is 0 Å². The van der Waals surface area contributed by atoms with Gasteiger partial charge >= 0.3 is 10.1 Å². The summed E-state index contributed by atoms with van der Waals surface area (Å²) in [5.41, 5.74) is 0. The monoisotopic (exact) mass is 162 g/mol. The minimum atomic E-state index is -3.24. The van der Waals surface area contributed by atoms with Crippen LogP contribution in [0.2, 0.25) is 0 Å². The lowest BCUT2D eigenvalue weighted by molar-refractivity contribution is 0.411. The molecule has 3 nitrogen and oxygen atoms in total. The van der Waals surface area contributed by atoms with Gasteiger partial charge in [0, 0.05) is 0 Å². The quantitative estimate of drug-likeness (QED) is 0.500. The molecule has 0 spiro atoms. The van der Waals surface area contributed by atoms with E-state index < -0.39 is 10.1 Å². The summed E-state index contributed by atoms with van der Waals surface area (Å²) in [4.78, 5) is 0. The molecule has 58 valence electrons. The van der Waals surface area contributed by atoms with Crippen LogP contribution in [-0.2, 0) is 14.3 Å². The summed E-state index contributed by atoms with van der Waals surface area (Å²) in [6.07, 6.45) is 3.26. The van der Waals surface area contributed by atoms with Crippen molar-refractivity contribution in [3.63, 3.8) is 0 Å². The van der Waals surface area contributed by atoms with Crippen molar-refractivity contribution in [3.05, 3.63) is 11.8 Å². The van der Waals surface area contributed by atoms with E-state index in [1.165, 1.54) is 0 Å². The van der Waals surface area contributed by atoms with Gasteiger partial charge in [-0.05, 0) is 25.8 Å². The van der Waals surface area contributed by atoms with E-state index in [0.29, 0.717) is 12.2 Å². The first-order valence-electron chi connectivity index (χ1n) is 3.19. The second-order valence-corrected chi connectivity index (χ2v) is 3.99. The second kappa shape index (κ2) is 2.62. The molecule has 0 amide bonds. The molecule has 0 atom stereocenters. The first-order valence-corrected chi connectivity index (χ1v) is 4.77. The van der Waals surface area contributed by atoms with Gasteiger partial charge in [0.15, 0.2) is 0 Å². The Bertz CT molecular complexity index is 238. The third-order valence-corrected chi connectivity index (χ3v) is 2.59. The molecule has 1 aliphatic heterocycles. The summed E-state index contributed by atoms with van der Waals surface area (Å²) in [5, 5.41) is 0. The topological polar surface area (TPSA) is 43.4 Å². The van der Waals surface area contributed by atoms with Gasteiger partial charge in [0.05, 0.1) is 5.75 Å². The van der Waals surface area contributed by atoms with E-state index in [1.54, 1.807) is 13.0 Å². The minimum Gasteiger partial charge on any atom is -0.388 e. The molecule has 4 heteroatoms. The van der Waals surface area contributed by atoms with Crippen LogP contribution in [0.4, 0.5) is 0 Å². The lowest BCUT2D eigenvalue weighted by atomic mass is 10.3. The third-order valence-electron chi connectivity index (χ3n) is 1.29. The summed E-state index contributed by atoms with van der Waals surface area (Å²) in [6.45, 7) is 1.66. The summed E-state index contributed by atoms with van der Waals surface area (Å²) in [6, 6.07) is 0. The number of hydrogen-bond acceptors (Lipinski definition) is 3. The maximum Gasteiger partial charge on any atom is 0.308 e. The summed E-state index contributed by atoms with van der Waals surface area (Å²) >= 11 is 0. The molecule has 0 saturated carbocycles. The normalized spacial score (nSPS) is 24.3. The highest BCUT2D eigenvalue weighted by molar-refractivity contribution is 7.86. The van der Waals surface area contributed by atoms with Gasteiger partial charge < -0.3 is 4.18 Å². The van der Waals surface area contributed by atoms with Crippen molar-refractivity contribution in [3.8, 4) is 0 Å². The average molecular weight is 162 g/mol. The fourth-order valence-electron chi connectivity index (χ4n) is 0.841. The van der Waals surface area contributed by atoms with Crippen molar-refractivity contribution in [1.29, 1.82) is 0 Å². The van der Waals surface area contributed by atoms with E-state index in [1.807, 2.05) is 0 Å². The van der Waals surface area contributed by atoms with Crippen LogP contribution in [0.25, 0.3) is 0 Å². The van der Waals surface area contributed by atoms with E-state index in [2.05, 4.69) is 4.18 Å². The predicted octanol–water partition coefficient (Wildman–Crippen LogP) is 1.03. The van der Waals surface area contributed by atoms with Gasteiger partial charge in [0.1, 0.15) is 5.76 Å². The van der Waals surface area contributed by atoms with Crippen LogP contribution in [0.3, 0.4) is 0 Å². The smallest absolute Gasteiger partial charge is 0.308 e. The maximum atomic E-state index is 10.8. The van der Waals surface area contributed by atoms with E-state index in [4.69, 9.17) is 0 Å². The second-order valence-electron chi connectivity index (χ2n) is 2.30. The molecule has 1 rings (SSSR count). The SMILES string of the molecule is CC1=CCCCS(=O)(=O)O1. The largest absolute Gasteiger partial charge is 0.388 e. The molecular formula is C6H10O3S. The molecule has 0 saturated heterocycles. The highest BCUT2D eigenvalue weighted by Crippen LogP contribution is 2.12. The molecule has 1 aliphatic rings. The summed E-state index contributed by atoms with van der Waals surface area (Å²) < 4.78 is 26.3. The van der Waals surface area contributed by atoms with Gasteiger partial charge in [0.2, 0.25) is 0 Å². The first-order chi connectivity index (χ1) is 4.60. The molecule has 0 bridgehead atoms. The molecule has 0 aromatic carbocycles. The summed E-state index contributed by atoms with van der Waals surface area (Å²) in [5.74, 6) is 0.637. The van der Waals surface area contributed by atoms with Crippen molar-refractivity contribution >= 4 is 10.1 Å². The van der Waals surface area contributed by atoms with Gasteiger partial charge in [-0.3, -0.25) is 0 Å². The Labute approximate surface area is 60.8 Å². The molecule has 10 heavy (non-hydrogen) atoms. The first kappa shape index (κ1) is 7.60. The predicted molar refractivity (Wildman–Crippen MR) is 37.9 cm³/mol. The van der Waals surface area contributed by atoms with E-state index in [9.17, 15) is 8.42 Å². The molecule has 0 unspecified atom stereocenters. The van der Waals surface area contributed by atoms with Gasteiger partial charge in [-0.15, -0.1) is 0 Å². The highest BCUT2D eigenvalue weighted by atomic mass is 32.2. The third kappa shape index (κ3) is 2.02. The Kier molecular flexibility index (Phi) is 1.99. The fraction of sp³-hybridized carbons (Fsp3) is 0.667. The molecule has 0 N–H and O–H groups in total. The standard InChI is InChI=1S/C6H10O3S/c1-6-4-2-3-5-10(7,8)9-6/h4H,2-3,5H2,1H3. The molecule has 1 heterocycles. The van der Waals surface area contributed by atoms with Crippen LogP contribution >= 0.6 is 0 Å². The molecule has 0 radical (unpaired) electrons. The van der Waals surface area contributed by atoms with Crippen LogP contribution in [0.5, 0.6) is 0 Å². The zero-order valence-electron chi connectivity index (χ0n) is 5.83. The molecule has 0 aliphatic carbocycles. The van der Waals surface area contributed by atoms with Gasteiger partial charge in [-0.25, -0.2) is 0 Å². The lowest BCUT2D eigenvalue weighted by Crippen LogP contribution is -2.06. The maximum absolute atomic E-state index is 10.8. The molecular weight excluding hydrogens is 152 g/mol. The van der Waals surface area contributed by atoms with Crippen LogP contribution in [0, 0.1) is 0 Å². The van der Waals surface area contributed by atoms with E-state index >= 15 is 0 Å². The Morgan fingerprint density at radius 3 is 3.00 bits per heavy atom. The fourth-order valence-corrected chi connectivity index (χ4v) is 1.91. The Morgan fingerprint density at radius 2 is 2.30 bits per heavy atom. The number of hydrogen-bond donors (Lipinski definition) is 0. The number of allylic oxidation sites excluding steroid dienone is 2. The van der Waals surface area contributed by atoms with Crippen LogP contribution in [0.1, 0.15) is 19.8 Å². The van der Waals surface area contributed by atoms with Crippen molar-refractivity contribution in [2.24, 2.45) is 0 Å². The van der Waals surface area contributed by atoms with Crippen LogP contribution in [-0.4, -0.2) is 14.2 Å². The van der Waals surface area contributed by atoms with E-state index in [-0.39, 0.29) is 5.75 Å². The van der Waals surface area contributed by atoms with E-state index in [0.717, 1.165) is 6.42 Å². The lowest BCUT2D eigenvalue weighted by Gasteiger charge is -2.00. The Balaban J connectivity index is 2.79. The van der Waals surface area contributed by atoms with Crippen molar-refractivity contribution < 1.29 is 12.6 Å². The zero-order chi connectivity index (χ0) is 7.61. The highest BCUT2D eigenvalue weighted by Gasteiger charge is 2.14. The van der Waals surface area contributed by atoms with Crippen molar-refractivity contribution in [2.75, 3.05) is 5.75 Å². The number of rotatable bonds is 0. The Morgan fingerprint density at radius 1 is 1.60 bits per heavy atom. The van der Waals surface area contributed by atoms with Gasteiger partial charge in [0.25, 0.3) is 0 Å². The van der Waals surface area contributed by atoms with Gasteiger partial charge in [-0.2, -0.15) is 8.42 Å². The molecule has 0 aromatic heterocycles. The molecule has 0 aromatic rings. The zero-order valence-corrected chi connectivity index (χ0v) is 6.65. The minimum absolute atomic E-state index is 0.140. The van der Waals surface area contributed by atoms with Crippen LogP contribution in [0.15, 0.2) is 11.8 Å².